The van der Waals surface area contributed by atoms with Gasteiger partial charge < -0.3 is 15.7 Å². The minimum absolute atomic E-state index is 0.0550. The molecule has 3 N–H and O–H groups in total. The Kier molecular flexibility index (Phi) is 5.05. The van der Waals surface area contributed by atoms with E-state index in [4.69, 9.17) is 0 Å². The number of carbonyl (C=O) groups is 1. The molecule has 88 valence electrons. The largest absolute Gasteiger partial charge is 0.393 e. The van der Waals surface area contributed by atoms with Crippen molar-refractivity contribution in [2.24, 2.45) is 5.92 Å². The number of hydrogen-bond acceptors (Lipinski definition) is 3. The summed E-state index contributed by atoms with van der Waals surface area (Å²) in [5.41, 5.74) is 0. The van der Waals surface area contributed by atoms with Crippen LogP contribution in [0.15, 0.2) is 0 Å². The summed E-state index contributed by atoms with van der Waals surface area (Å²) in [6.07, 6.45) is 2.31. The Morgan fingerprint density at radius 2 is 2.33 bits per heavy atom. The van der Waals surface area contributed by atoms with E-state index in [1.54, 1.807) is 6.92 Å². The summed E-state index contributed by atoms with van der Waals surface area (Å²) < 4.78 is 0. The molecule has 0 aromatic carbocycles. The maximum Gasteiger partial charge on any atom is 0.224 e. The van der Waals surface area contributed by atoms with Crippen LogP contribution in [0.4, 0.5) is 0 Å². The molecule has 0 aliphatic carbocycles. The third-order valence-electron chi connectivity index (χ3n) is 2.75. The molecule has 0 saturated carbocycles. The summed E-state index contributed by atoms with van der Waals surface area (Å²) in [4.78, 5) is 11.8. The second-order valence-electron chi connectivity index (χ2n) is 4.54. The molecule has 0 bridgehead atoms. The normalized spacial score (nSPS) is 25.7. The lowest BCUT2D eigenvalue weighted by atomic mass is 9.98. The molecule has 1 aliphatic rings. The lowest BCUT2D eigenvalue weighted by Crippen LogP contribution is -2.44. The first-order chi connectivity index (χ1) is 7.09. The average molecular weight is 214 g/mol. The smallest absolute Gasteiger partial charge is 0.224 e. The fraction of sp³-hybridized carbons (Fsp3) is 0.909. The van der Waals surface area contributed by atoms with Crippen molar-refractivity contribution < 1.29 is 9.90 Å². The molecule has 1 saturated heterocycles. The van der Waals surface area contributed by atoms with Crippen molar-refractivity contribution in [2.75, 3.05) is 13.1 Å². The van der Waals surface area contributed by atoms with Crippen molar-refractivity contribution in [1.82, 2.24) is 10.6 Å². The summed E-state index contributed by atoms with van der Waals surface area (Å²) in [5.74, 6) is 0.227. The standard InChI is InChI=1S/C11H22N2O2/c1-8(6-9(2)14)13-11(15)10-4-3-5-12-7-10/h8-10,12,14H,3-7H2,1-2H3,(H,13,15)/t8?,9?,10-/m1/s1. The van der Waals surface area contributed by atoms with Crippen LogP contribution in [0.1, 0.15) is 33.1 Å². The molecular weight excluding hydrogens is 192 g/mol. The van der Waals surface area contributed by atoms with E-state index < -0.39 is 0 Å². The molecule has 15 heavy (non-hydrogen) atoms. The van der Waals surface area contributed by atoms with Crippen LogP contribution < -0.4 is 10.6 Å². The van der Waals surface area contributed by atoms with Crippen molar-refractivity contribution in [3.63, 3.8) is 0 Å². The highest BCUT2D eigenvalue weighted by Gasteiger charge is 2.22. The van der Waals surface area contributed by atoms with Crippen LogP contribution >= 0.6 is 0 Å². The first-order valence-electron chi connectivity index (χ1n) is 5.78. The van der Waals surface area contributed by atoms with E-state index in [2.05, 4.69) is 10.6 Å². The Morgan fingerprint density at radius 3 is 2.87 bits per heavy atom. The van der Waals surface area contributed by atoms with E-state index in [9.17, 15) is 9.90 Å². The van der Waals surface area contributed by atoms with Crippen LogP contribution in [0.5, 0.6) is 0 Å². The van der Waals surface area contributed by atoms with Crippen LogP contribution in [0.3, 0.4) is 0 Å². The number of hydrogen-bond donors (Lipinski definition) is 3. The predicted molar refractivity (Wildman–Crippen MR) is 59.5 cm³/mol. The quantitative estimate of drug-likeness (QED) is 0.629. The predicted octanol–water partition coefficient (Wildman–Crippen LogP) is 0.262. The Bertz CT molecular complexity index is 201. The number of rotatable bonds is 4. The molecule has 0 aromatic rings. The average Bonchev–Trinajstić information content (AvgIpc) is 2.17. The van der Waals surface area contributed by atoms with Gasteiger partial charge in [0, 0.05) is 12.6 Å². The zero-order chi connectivity index (χ0) is 11.3. The topological polar surface area (TPSA) is 61.4 Å². The van der Waals surface area contributed by atoms with Gasteiger partial charge in [-0.2, -0.15) is 0 Å². The van der Waals surface area contributed by atoms with E-state index in [1.807, 2.05) is 6.92 Å². The second kappa shape index (κ2) is 6.08. The maximum atomic E-state index is 11.8. The van der Waals surface area contributed by atoms with E-state index >= 15 is 0 Å². The van der Waals surface area contributed by atoms with Gasteiger partial charge in [0.15, 0.2) is 0 Å². The van der Waals surface area contributed by atoms with Crippen LogP contribution in [0.2, 0.25) is 0 Å². The van der Waals surface area contributed by atoms with Crippen molar-refractivity contribution in [2.45, 2.75) is 45.3 Å². The SMILES string of the molecule is CC(O)CC(C)NC(=O)[C@@H]1CCCNC1. The molecule has 1 fully saturated rings. The maximum absolute atomic E-state index is 11.8. The number of amides is 1. The molecule has 2 unspecified atom stereocenters. The number of aliphatic hydroxyl groups excluding tert-OH is 1. The van der Waals surface area contributed by atoms with Gasteiger partial charge in [0.2, 0.25) is 5.91 Å². The Hall–Kier alpha value is -0.610. The van der Waals surface area contributed by atoms with Gasteiger partial charge in [-0.05, 0) is 39.7 Å². The lowest BCUT2D eigenvalue weighted by molar-refractivity contribution is -0.126. The first kappa shape index (κ1) is 12.5. The third-order valence-corrected chi connectivity index (χ3v) is 2.75. The zero-order valence-corrected chi connectivity index (χ0v) is 9.62. The monoisotopic (exact) mass is 214 g/mol. The minimum atomic E-state index is -0.357. The summed E-state index contributed by atoms with van der Waals surface area (Å²) >= 11 is 0. The van der Waals surface area contributed by atoms with Gasteiger partial charge in [-0.15, -0.1) is 0 Å². The second-order valence-corrected chi connectivity index (χ2v) is 4.54. The fourth-order valence-electron chi connectivity index (χ4n) is 2.01. The Balaban J connectivity index is 2.27. The summed E-state index contributed by atoms with van der Waals surface area (Å²) in [6, 6.07) is 0.0550. The molecule has 0 spiro atoms. The van der Waals surface area contributed by atoms with Gasteiger partial charge in [-0.1, -0.05) is 0 Å². The van der Waals surface area contributed by atoms with Crippen LogP contribution in [-0.2, 0) is 4.79 Å². The molecule has 1 aliphatic heterocycles. The van der Waals surface area contributed by atoms with Crippen LogP contribution in [-0.4, -0.2) is 36.2 Å². The van der Waals surface area contributed by atoms with Gasteiger partial charge in [0.1, 0.15) is 0 Å². The molecule has 4 heteroatoms. The molecule has 0 aromatic heterocycles. The number of carbonyl (C=O) groups excluding carboxylic acids is 1. The Labute approximate surface area is 91.4 Å². The zero-order valence-electron chi connectivity index (χ0n) is 9.62. The number of piperidine rings is 1. The molecule has 1 amide bonds. The van der Waals surface area contributed by atoms with Gasteiger partial charge in [0.05, 0.1) is 12.0 Å². The Morgan fingerprint density at radius 1 is 1.60 bits per heavy atom. The van der Waals surface area contributed by atoms with E-state index in [0.29, 0.717) is 6.42 Å². The van der Waals surface area contributed by atoms with Gasteiger partial charge in [-0.25, -0.2) is 0 Å². The highest BCUT2D eigenvalue weighted by molar-refractivity contribution is 5.79. The minimum Gasteiger partial charge on any atom is -0.393 e. The molecular formula is C11H22N2O2. The molecule has 1 heterocycles. The lowest BCUT2D eigenvalue weighted by Gasteiger charge is -2.24. The van der Waals surface area contributed by atoms with Crippen molar-refractivity contribution in [1.29, 1.82) is 0 Å². The number of nitrogens with one attached hydrogen (secondary N) is 2. The molecule has 3 atom stereocenters. The third kappa shape index (κ3) is 4.62. The van der Waals surface area contributed by atoms with Gasteiger partial charge in [-0.3, -0.25) is 4.79 Å². The molecule has 4 nitrogen and oxygen atoms in total. The molecule has 0 radical (unpaired) electrons. The first-order valence-corrected chi connectivity index (χ1v) is 5.78. The highest BCUT2D eigenvalue weighted by atomic mass is 16.3. The van der Waals surface area contributed by atoms with Crippen LogP contribution in [0.25, 0.3) is 0 Å². The summed E-state index contributed by atoms with van der Waals surface area (Å²) in [5, 5.41) is 15.3. The van der Waals surface area contributed by atoms with Gasteiger partial charge in [0.25, 0.3) is 0 Å². The summed E-state index contributed by atoms with van der Waals surface area (Å²) in [6.45, 7) is 5.48. The summed E-state index contributed by atoms with van der Waals surface area (Å²) in [7, 11) is 0. The van der Waals surface area contributed by atoms with E-state index in [0.717, 1.165) is 25.9 Å². The fourth-order valence-corrected chi connectivity index (χ4v) is 2.01. The van der Waals surface area contributed by atoms with Crippen molar-refractivity contribution >= 4 is 5.91 Å². The number of aliphatic hydroxyl groups is 1. The van der Waals surface area contributed by atoms with Crippen LogP contribution in [0, 0.1) is 5.92 Å². The van der Waals surface area contributed by atoms with Crippen molar-refractivity contribution in [3.8, 4) is 0 Å². The van der Waals surface area contributed by atoms with E-state index in [-0.39, 0.29) is 24.0 Å². The van der Waals surface area contributed by atoms with Gasteiger partial charge >= 0.3 is 0 Å². The molecule has 1 rings (SSSR count). The van der Waals surface area contributed by atoms with E-state index in [1.165, 1.54) is 0 Å². The van der Waals surface area contributed by atoms with Crippen molar-refractivity contribution in [3.05, 3.63) is 0 Å². The highest BCUT2D eigenvalue weighted by Crippen LogP contribution is 2.10.